The number of carboxylic acids is 1. The summed E-state index contributed by atoms with van der Waals surface area (Å²) in [6.07, 6.45) is 0. The van der Waals surface area contributed by atoms with Crippen LogP contribution < -0.4 is 4.72 Å². The Hall–Kier alpha value is -1.56. The van der Waals surface area contributed by atoms with Crippen LogP contribution in [-0.4, -0.2) is 24.2 Å². The number of sulfonamides is 1. The summed E-state index contributed by atoms with van der Waals surface area (Å²) < 4.78 is 25.1. The van der Waals surface area contributed by atoms with Crippen molar-refractivity contribution < 1.29 is 18.3 Å². The Balaban J connectivity index is 3.05. The topological polar surface area (TPSA) is 83.5 Å². The molecule has 1 aromatic rings. The van der Waals surface area contributed by atoms with Gasteiger partial charge in [-0.25, -0.2) is 13.2 Å². The first-order valence-corrected chi connectivity index (χ1v) is 6.47. The lowest BCUT2D eigenvalue weighted by molar-refractivity contribution is 0.0697. The molecule has 0 radical (unpaired) electrons. The molecular weight excluding hydrogens is 242 g/mol. The number of rotatable bonds is 3. The number of hydrogen-bond donors (Lipinski definition) is 2. The molecule has 0 aliphatic carbocycles. The molecule has 0 unspecified atom stereocenters. The molecule has 5 nitrogen and oxygen atoms in total. The highest BCUT2D eigenvalue weighted by Crippen LogP contribution is 2.20. The number of aromatic carboxylic acids is 1. The van der Waals surface area contributed by atoms with Crippen molar-refractivity contribution in [2.24, 2.45) is 0 Å². The molecule has 17 heavy (non-hydrogen) atoms. The van der Waals surface area contributed by atoms with Gasteiger partial charge in [0.2, 0.25) is 10.0 Å². The Morgan fingerprint density at radius 1 is 1.29 bits per heavy atom. The van der Waals surface area contributed by atoms with Crippen LogP contribution in [-0.2, 0) is 10.0 Å². The predicted octanol–water partition coefficient (Wildman–Crippen LogP) is 1.93. The molecule has 0 saturated carbocycles. The monoisotopic (exact) mass is 257 g/mol. The lowest BCUT2D eigenvalue weighted by Crippen LogP contribution is -2.33. The van der Waals surface area contributed by atoms with Crippen LogP contribution in [0.25, 0.3) is 0 Å². The van der Waals surface area contributed by atoms with E-state index in [1.807, 2.05) is 0 Å². The summed E-state index contributed by atoms with van der Waals surface area (Å²) in [6, 6.07) is 5.68. The Morgan fingerprint density at radius 3 is 2.35 bits per heavy atom. The smallest absolute Gasteiger partial charge is 0.335 e. The third-order valence-corrected chi connectivity index (χ3v) is 4.28. The van der Waals surface area contributed by atoms with Crippen molar-refractivity contribution in [1.29, 1.82) is 0 Å². The van der Waals surface area contributed by atoms with Crippen molar-refractivity contribution in [3.8, 4) is 0 Å². The zero-order chi connectivity index (χ0) is 13.3. The van der Waals surface area contributed by atoms with Gasteiger partial charge in [-0.2, -0.15) is 0 Å². The lowest BCUT2D eigenvalue weighted by atomic mass is 10.2. The third-order valence-electron chi connectivity index (χ3n) is 2.17. The van der Waals surface area contributed by atoms with Gasteiger partial charge in [-0.1, -0.05) is 6.07 Å². The molecule has 2 N–H and O–H groups in total. The zero-order valence-corrected chi connectivity index (χ0v) is 10.7. The quantitative estimate of drug-likeness (QED) is 0.866. The SMILES string of the molecule is CC(C)(C)S(=O)(=O)Nc1cccc(C(=O)O)c1. The van der Waals surface area contributed by atoms with E-state index in [1.54, 1.807) is 20.8 Å². The summed E-state index contributed by atoms with van der Waals surface area (Å²) in [5, 5.41) is 8.79. The van der Waals surface area contributed by atoms with E-state index >= 15 is 0 Å². The summed E-state index contributed by atoms with van der Waals surface area (Å²) in [7, 11) is -3.54. The van der Waals surface area contributed by atoms with Gasteiger partial charge in [0.15, 0.2) is 0 Å². The molecule has 0 spiro atoms. The summed E-state index contributed by atoms with van der Waals surface area (Å²) in [5.74, 6) is -1.10. The summed E-state index contributed by atoms with van der Waals surface area (Å²) in [5.41, 5.74) is 0.291. The number of carbonyl (C=O) groups is 1. The molecule has 0 atom stereocenters. The largest absolute Gasteiger partial charge is 0.478 e. The normalized spacial score (nSPS) is 12.2. The van der Waals surface area contributed by atoms with Crippen LogP contribution in [0, 0.1) is 0 Å². The highest BCUT2D eigenvalue weighted by molar-refractivity contribution is 7.94. The number of benzene rings is 1. The van der Waals surface area contributed by atoms with Crippen LogP contribution in [0.1, 0.15) is 31.1 Å². The van der Waals surface area contributed by atoms with Crippen LogP contribution in [0.5, 0.6) is 0 Å². The second kappa shape index (κ2) is 4.37. The Morgan fingerprint density at radius 2 is 1.88 bits per heavy atom. The molecular formula is C11H15NO4S. The fraction of sp³-hybridized carbons (Fsp3) is 0.364. The van der Waals surface area contributed by atoms with Crippen LogP contribution in [0.3, 0.4) is 0 Å². The molecule has 0 fully saturated rings. The van der Waals surface area contributed by atoms with Gasteiger partial charge in [0.05, 0.1) is 10.3 Å². The molecule has 0 bridgehead atoms. The van der Waals surface area contributed by atoms with Gasteiger partial charge in [0.1, 0.15) is 0 Å². The minimum Gasteiger partial charge on any atom is -0.478 e. The number of hydrogen-bond acceptors (Lipinski definition) is 3. The molecule has 0 aliphatic rings. The maximum Gasteiger partial charge on any atom is 0.335 e. The first-order valence-electron chi connectivity index (χ1n) is 4.99. The van der Waals surface area contributed by atoms with E-state index in [4.69, 9.17) is 5.11 Å². The van der Waals surface area contributed by atoms with Gasteiger partial charge >= 0.3 is 5.97 Å². The average Bonchev–Trinajstić information content (AvgIpc) is 2.15. The zero-order valence-electron chi connectivity index (χ0n) is 9.89. The van der Waals surface area contributed by atoms with Gasteiger partial charge in [-0.3, -0.25) is 4.72 Å². The van der Waals surface area contributed by atoms with E-state index in [0.717, 1.165) is 0 Å². The van der Waals surface area contributed by atoms with E-state index in [-0.39, 0.29) is 11.3 Å². The maximum absolute atomic E-state index is 11.8. The second-order valence-electron chi connectivity index (χ2n) is 4.60. The maximum atomic E-state index is 11.8. The van der Waals surface area contributed by atoms with Gasteiger partial charge in [-0.15, -0.1) is 0 Å². The lowest BCUT2D eigenvalue weighted by Gasteiger charge is -2.20. The van der Waals surface area contributed by atoms with E-state index in [2.05, 4.69) is 4.72 Å². The third kappa shape index (κ3) is 3.20. The standard InChI is InChI=1S/C11H15NO4S/c1-11(2,3)17(15,16)12-9-6-4-5-8(7-9)10(13)14/h4-7,12H,1-3H3,(H,13,14). The Bertz CT molecular complexity index is 529. The number of anilines is 1. The minimum atomic E-state index is -3.54. The van der Waals surface area contributed by atoms with Crippen molar-refractivity contribution in [3.63, 3.8) is 0 Å². The fourth-order valence-electron chi connectivity index (χ4n) is 1.02. The molecule has 0 amide bonds. The van der Waals surface area contributed by atoms with E-state index in [1.165, 1.54) is 24.3 Å². The molecule has 0 aromatic heterocycles. The molecule has 0 heterocycles. The molecule has 0 aliphatic heterocycles. The second-order valence-corrected chi connectivity index (χ2v) is 7.04. The van der Waals surface area contributed by atoms with E-state index in [9.17, 15) is 13.2 Å². The van der Waals surface area contributed by atoms with Crippen molar-refractivity contribution in [1.82, 2.24) is 0 Å². The average molecular weight is 257 g/mol. The number of carboxylic acid groups (broad SMARTS) is 1. The van der Waals surface area contributed by atoms with Crippen molar-refractivity contribution in [2.75, 3.05) is 4.72 Å². The van der Waals surface area contributed by atoms with Gasteiger partial charge in [-0.05, 0) is 39.0 Å². The van der Waals surface area contributed by atoms with Crippen molar-refractivity contribution in [3.05, 3.63) is 29.8 Å². The molecule has 0 saturated heterocycles. The van der Waals surface area contributed by atoms with Crippen LogP contribution in [0.4, 0.5) is 5.69 Å². The van der Waals surface area contributed by atoms with Gasteiger partial charge in [0.25, 0.3) is 0 Å². The van der Waals surface area contributed by atoms with E-state index < -0.39 is 20.7 Å². The van der Waals surface area contributed by atoms with Crippen LogP contribution in [0.2, 0.25) is 0 Å². The number of nitrogens with one attached hydrogen (secondary N) is 1. The minimum absolute atomic E-state index is 0.0408. The molecule has 1 rings (SSSR count). The first-order chi connectivity index (χ1) is 7.63. The Kier molecular flexibility index (Phi) is 3.47. The highest BCUT2D eigenvalue weighted by atomic mass is 32.2. The molecule has 1 aromatic carbocycles. The fourth-order valence-corrected chi connectivity index (χ4v) is 1.77. The van der Waals surface area contributed by atoms with E-state index in [0.29, 0.717) is 0 Å². The summed E-state index contributed by atoms with van der Waals surface area (Å²) in [4.78, 5) is 10.7. The summed E-state index contributed by atoms with van der Waals surface area (Å²) in [6.45, 7) is 4.70. The highest BCUT2D eigenvalue weighted by Gasteiger charge is 2.28. The van der Waals surface area contributed by atoms with Crippen molar-refractivity contribution >= 4 is 21.7 Å². The van der Waals surface area contributed by atoms with Crippen LogP contribution in [0.15, 0.2) is 24.3 Å². The van der Waals surface area contributed by atoms with Gasteiger partial charge < -0.3 is 5.11 Å². The molecule has 6 heteroatoms. The summed E-state index contributed by atoms with van der Waals surface area (Å²) >= 11 is 0. The van der Waals surface area contributed by atoms with Gasteiger partial charge in [0, 0.05) is 5.69 Å². The van der Waals surface area contributed by atoms with Crippen molar-refractivity contribution in [2.45, 2.75) is 25.5 Å². The van der Waals surface area contributed by atoms with Crippen LogP contribution >= 0.6 is 0 Å². The first kappa shape index (κ1) is 13.5. The molecule has 94 valence electrons. The predicted molar refractivity (Wildman–Crippen MR) is 65.7 cm³/mol. The Labute approximate surface area is 101 Å².